The minimum absolute atomic E-state index is 0.117. The first-order valence-electron chi connectivity index (χ1n) is 7.74. The van der Waals surface area contributed by atoms with E-state index in [9.17, 15) is 0 Å². The molecule has 0 saturated heterocycles. The zero-order chi connectivity index (χ0) is 16.1. The Morgan fingerprint density at radius 2 is 1.65 bits per heavy atom. The molecule has 3 rings (SSSR count). The standard InChI is InChI=1S/C21H19NS/c1-2-9-20(22-21(23)17-11-4-3-5-12-17)19-15-8-13-16-10-6-7-14-18(16)19/h2-8,10-15,20H,1,9H2,(H,22,23). The van der Waals surface area contributed by atoms with E-state index in [1.807, 2.05) is 36.4 Å². The van der Waals surface area contributed by atoms with Crippen molar-refractivity contribution >= 4 is 28.0 Å². The second kappa shape index (κ2) is 7.21. The Morgan fingerprint density at radius 3 is 2.43 bits per heavy atom. The van der Waals surface area contributed by atoms with Crippen LogP contribution < -0.4 is 5.32 Å². The maximum absolute atomic E-state index is 5.59. The van der Waals surface area contributed by atoms with Crippen LogP contribution in [0.3, 0.4) is 0 Å². The molecule has 1 unspecified atom stereocenters. The molecule has 0 heterocycles. The predicted octanol–water partition coefficient (Wildman–Crippen LogP) is 5.42. The van der Waals surface area contributed by atoms with Crippen molar-refractivity contribution in [1.82, 2.24) is 5.32 Å². The molecule has 3 aromatic carbocycles. The highest BCUT2D eigenvalue weighted by Crippen LogP contribution is 2.27. The van der Waals surface area contributed by atoms with Gasteiger partial charge < -0.3 is 5.32 Å². The van der Waals surface area contributed by atoms with Crippen LogP contribution >= 0.6 is 12.2 Å². The van der Waals surface area contributed by atoms with E-state index in [0.29, 0.717) is 0 Å². The fourth-order valence-corrected chi connectivity index (χ4v) is 3.09. The summed E-state index contributed by atoms with van der Waals surface area (Å²) in [7, 11) is 0. The lowest BCUT2D eigenvalue weighted by molar-refractivity contribution is 0.669. The molecule has 3 aromatic rings. The molecule has 0 radical (unpaired) electrons. The number of fused-ring (bicyclic) bond motifs is 1. The van der Waals surface area contributed by atoms with Gasteiger partial charge in [0, 0.05) is 5.56 Å². The van der Waals surface area contributed by atoms with Crippen molar-refractivity contribution in [3.63, 3.8) is 0 Å². The van der Waals surface area contributed by atoms with E-state index in [1.54, 1.807) is 0 Å². The summed E-state index contributed by atoms with van der Waals surface area (Å²) in [6.07, 6.45) is 2.76. The fourth-order valence-electron chi connectivity index (χ4n) is 2.82. The fraction of sp³-hybridized carbons (Fsp3) is 0.0952. The van der Waals surface area contributed by atoms with Crippen LogP contribution in [0.2, 0.25) is 0 Å². The van der Waals surface area contributed by atoms with E-state index in [-0.39, 0.29) is 6.04 Å². The van der Waals surface area contributed by atoms with Gasteiger partial charge in [-0.2, -0.15) is 0 Å². The quantitative estimate of drug-likeness (QED) is 0.498. The Morgan fingerprint density at radius 1 is 0.957 bits per heavy atom. The van der Waals surface area contributed by atoms with Crippen LogP contribution in [0.25, 0.3) is 10.8 Å². The largest absolute Gasteiger partial charge is 0.369 e. The number of hydrogen-bond donors (Lipinski definition) is 1. The molecule has 23 heavy (non-hydrogen) atoms. The Kier molecular flexibility index (Phi) is 4.84. The van der Waals surface area contributed by atoms with Gasteiger partial charge in [0.2, 0.25) is 0 Å². The van der Waals surface area contributed by atoms with Crippen LogP contribution in [0.15, 0.2) is 85.5 Å². The smallest absolute Gasteiger partial charge is 0.107 e. The van der Waals surface area contributed by atoms with Crippen LogP contribution in [0.4, 0.5) is 0 Å². The first kappa shape index (κ1) is 15.4. The third kappa shape index (κ3) is 3.49. The summed E-state index contributed by atoms with van der Waals surface area (Å²) in [6, 6.07) is 25.0. The first-order valence-corrected chi connectivity index (χ1v) is 8.15. The molecule has 1 nitrogen and oxygen atoms in total. The summed E-state index contributed by atoms with van der Waals surface area (Å²) in [5.41, 5.74) is 2.29. The summed E-state index contributed by atoms with van der Waals surface area (Å²) in [6.45, 7) is 3.90. The lowest BCUT2D eigenvalue weighted by Crippen LogP contribution is -2.27. The van der Waals surface area contributed by atoms with E-state index < -0.39 is 0 Å². The van der Waals surface area contributed by atoms with Gasteiger partial charge in [-0.05, 0) is 22.8 Å². The number of benzene rings is 3. The predicted molar refractivity (Wildman–Crippen MR) is 103 cm³/mol. The van der Waals surface area contributed by atoms with E-state index >= 15 is 0 Å². The Labute approximate surface area is 142 Å². The molecule has 0 aliphatic rings. The minimum Gasteiger partial charge on any atom is -0.369 e. The molecule has 2 heteroatoms. The van der Waals surface area contributed by atoms with Gasteiger partial charge >= 0.3 is 0 Å². The van der Waals surface area contributed by atoms with Crippen LogP contribution in [-0.2, 0) is 0 Å². The number of hydrogen-bond acceptors (Lipinski definition) is 1. The molecule has 0 amide bonds. The van der Waals surface area contributed by atoms with Gasteiger partial charge in [-0.1, -0.05) is 91.1 Å². The third-order valence-corrected chi connectivity index (χ3v) is 4.30. The van der Waals surface area contributed by atoms with Gasteiger partial charge in [0.15, 0.2) is 0 Å². The van der Waals surface area contributed by atoms with E-state index in [1.165, 1.54) is 16.3 Å². The minimum atomic E-state index is 0.117. The van der Waals surface area contributed by atoms with E-state index in [2.05, 4.69) is 54.4 Å². The molecule has 1 atom stereocenters. The summed E-state index contributed by atoms with van der Waals surface area (Å²) in [4.78, 5) is 0.769. The molecule has 0 spiro atoms. The molecule has 0 bridgehead atoms. The molecule has 1 N–H and O–H groups in total. The van der Waals surface area contributed by atoms with Gasteiger partial charge in [-0.25, -0.2) is 0 Å². The number of thiocarbonyl (C=S) groups is 1. The molecule has 0 aliphatic carbocycles. The highest BCUT2D eigenvalue weighted by molar-refractivity contribution is 7.80. The summed E-state index contributed by atoms with van der Waals surface area (Å²) < 4.78 is 0. The Hall–Kier alpha value is -2.45. The molecule has 0 aliphatic heterocycles. The zero-order valence-electron chi connectivity index (χ0n) is 12.9. The van der Waals surface area contributed by atoms with Gasteiger partial charge in [-0.15, -0.1) is 6.58 Å². The maximum atomic E-state index is 5.59. The van der Waals surface area contributed by atoms with Crippen molar-refractivity contribution < 1.29 is 0 Å². The van der Waals surface area contributed by atoms with Crippen molar-refractivity contribution in [3.8, 4) is 0 Å². The maximum Gasteiger partial charge on any atom is 0.107 e. The van der Waals surface area contributed by atoms with Crippen LogP contribution in [0.1, 0.15) is 23.6 Å². The summed E-state index contributed by atoms with van der Waals surface area (Å²) in [5.74, 6) is 0. The Balaban J connectivity index is 1.95. The second-order valence-corrected chi connectivity index (χ2v) is 5.89. The van der Waals surface area contributed by atoms with Gasteiger partial charge in [0.25, 0.3) is 0 Å². The summed E-state index contributed by atoms with van der Waals surface area (Å²) in [5, 5.41) is 6.00. The average Bonchev–Trinajstić information content (AvgIpc) is 2.61. The van der Waals surface area contributed by atoms with Crippen molar-refractivity contribution in [2.24, 2.45) is 0 Å². The van der Waals surface area contributed by atoms with Gasteiger partial charge in [0.1, 0.15) is 4.99 Å². The van der Waals surface area contributed by atoms with Crippen LogP contribution in [0.5, 0.6) is 0 Å². The lowest BCUT2D eigenvalue weighted by Gasteiger charge is -2.21. The average molecular weight is 317 g/mol. The van der Waals surface area contributed by atoms with Crippen molar-refractivity contribution in [1.29, 1.82) is 0 Å². The topological polar surface area (TPSA) is 12.0 Å². The second-order valence-electron chi connectivity index (χ2n) is 5.48. The highest BCUT2D eigenvalue weighted by Gasteiger charge is 2.14. The van der Waals surface area contributed by atoms with Gasteiger partial charge in [-0.3, -0.25) is 0 Å². The molecular formula is C21H19NS. The van der Waals surface area contributed by atoms with Crippen molar-refractivity contribution in [3.05, 3.63) is 96.6 Å². The molecule has 0 saturated carbocycles. The first-order chi connectivity index (χ1) is 11.3. The molecule has 0 aromatic heterocycles. The number of nitrogens with one attached hydrogen (secondary N) is 1. The third-order valence-electron chi connectivity index (χ3n) is 3.94. The van der Waals surface area contributed by atoms with Crippen molar-refractivity contribution in [2.75, 3.05) is 0 Å². The monoisotopic (exact) mass is 317 g/mol. The van der Waals surface area contributed by atoms with Crippen LogP contribution in [-0.4, -0.2) is 4.99 Å². The highest BCUT2D eigenvalue weighted by atomic mass is 32.1. The van der Waals surface area contributed by atoms with E-state index in [0.717, 1.165) is 17.0 Å². The van der Waals surface area contributed by atoms with Crippen molar-refractivity contribution in [2.45, 2.75) is 12.5 Å². The Bertz CT molecular complexity index is 818. The molecular weight excluding hydrogens is 298 g/mol. The number of rotatable bonds is 5. The molecule has 0 fully saturated rings. The summed E-state index contributed by atoms with van der Waals surface area (Å²) >= 11 is 5.59. The normalized spacial score (nSPS) is 11.8. The lowest BCUT2D eigenvalue weighted by atomic mass is 9.96. The SMILES string of the molecule is C=CCC(NC(=S)c1ccccc1)c1cccc2ccccc12. The van der Waals surface area contributed by atoms with E-state index in [4.69, 9.17) is 12.2 Å². The zero-order valence-corrected chi connectivity index (χ0v) is 13.7. The van der Waals surface area contributed by atoms with Gasteiger partial charge in [0.05, 0.1) is 6.04 Å². The molecule has 114 valence electrons. The van der Waals surface area contributed by atoms with Crippen LogP contribution in [0, 0.1) is 0 Å².